The lowest BCUT2D eigenvalue weighted by Gasteiger charge is -2.29. The summed E-state index contributed by atoms with van der Waals surface area (Å²) in [5, 5.41) is 7.39. The van der Waals surface area contributed by atoms with Crippen LogP contribution in [0.15, 0.2) is 24.5 Å². The minimum atomic E-state index is -0.330. The van der Waals surface area contributed by atoms with Gasteiger partial charge in [0, 0.05) is 49.3 Å². The minimum Gasteiger partial charge on any atom is -0.383 e. The van der Waals surface area contributed by atoms with Gasteiger partial charge < -0.3 is 15.4 Å². The van der Waals surface area contributed by atoms with Gasteiger partial charge in [0.05, 0.1) is 18.5 Å². The third-order valence-corrected chi connectivity index (χ3v) is 7.26. The van der Waals surface area contributed by atoms with E-state index < -0.39 is 0 Å². The highest BCUT2D eigenvalue weighted by atomic mass is 35.5. The van der Waals surface area contributed by atoms with Crippen molar-refractivity contribution in [3.63, 3.8) is 0 Å². The molecule has 0 radical (unpaired) electrons. The first-order chi connectivity index (χ1) is 15.5. The van der Waals surface area contributed by atoms with Gasteiger partial charge in [-0.15, -0.1) is 0 Å². The lowest BCUT2D eigenvalue weighted by atomic mass is 9.83. The van der Waals surface area contributed by atoms with E-state index in [1.54, 1.807) is 13.3 Å². The van der Waals surface area contributed by atoms with Crippen molar-refractivity contribution in [3.8, 4) is 11.1 Å². The maximum Gasteiger partial charge on any atom is 0.152 e. The van der Waals surface area contributed by atoms with Crippen LogP contribution in [0.2, 0.25) is 5.15 Å². The van der Waals surface area contributed by atoms with Crippen LogP contribution in [0.1, 0.15) is 51.1 Å². The zero-order valence-electron chi connectivity index (χ0n) is 19.1. The summed E-state index contributed by atoms with van der Waals surface area (Å²) in [7, 11) is 1.73. The number of anilines is 1. The van der Waals surface area contributed by atoms with E-state index in [9.17, 15) is 4.39 Å². The molecule has 2 aromatic heterocycles. The molecule has 174 valence electrons. The Morgan fingerprint density at radius 2 is 1.94 bits per heavy atom. The van der Waals surface area contributed by atoms with Crippen LogP contribution in [0.3, 0.4) is 0 Å². The third-order valence-electron chi connectivity index (χ3n) is 6.95. The Kier molecular flexibility index (Phi) is 7.64. The highest BCUT2D eigenvalue weighted by molar-refractivity contribution is 6.32. The molecule has 0 amide bonds. The van der Waals surface area contributed by atoms with Crippen LogP contribution in [-0.4, -0.2) is 42.8 Å². The Bertz CT molecular complexity index is 913. The van der Waals surface area contributed by atoms with E-state index in [1.807, 2.05) is 12.1 Å². The fourth-order valence-corrected chi connectivity index (χ4v) is 4.63. The van der Waals surface area contributed by atoms with Crippen molar-refractivity contribution < 1.29 is 9.13 Å². The van der Waals surface area contributed by atoms with E-state index in [-0.39, 0.29) is 5.82 Å². The second-order valence-corrected chi connectivity index (χ2v) is 10.1. The number of hydrogen-bond donors (Lipinski definition) is 2. The van der Waals surface area contributed by atoms with Crippen LogP contribution in [-0.2, 0) is 11.2 Å². The molecular weight excluding hydrogens is 427 g/mol. The van der Waals surface area contributed by atoms with Gasteiger partial charge in [-0.1, -0.05) is 18.5 Å². The maximum absolute atomic E-state index is 14.7. The largest absolute Gasteiger partial charge is 0.383 e. The van der Waals surface area contributed by atoms with Gasteiger partial charge >= 0.3 is 0 Å². The highest BCUT2D eigenvalue weighted by Crippen LogP contribution is 2.45. The predicted octanol–water partition coefficient (Wildman–Crippen LogP) is 5.49. The van der Waals surface area contributed by atoms with Gasteiger partial charge in [0.15, 0.2) is 5.15 Å². The second kappa shape index (κ2) is 10.4. The Hall–Kier alpha value is -1.76. The highest BCUT2D eigenvalue weighted by Gasteiger charge is 2.36. The topological polar surface area (TPSA) is 59.1 Å². The zero-order valence-corrected chi connectivity index (χ0v) is 19.8. The van der Waals surface area contributed by atoms with Gasteiger partial charge in [0.2, 0.25) is 0 Å². The quantitative estimate of drug-likeness (QED) is 0.363. The Morgan fingerprint density at radius 3 is 2.66 bits per heavy atom. The molecule has 0 aliphatic heterocycles. The summed E-state index contributed by atoms with van der Waals surface area (Å²) < 4.78 is 19.8. The maximum atomic E-state index is 14.7. The first-order valence-corrected chi connectivity index (χ1v) is 12.1. The Morgan fingerprint density at radius 1 is 1.16 bits per heavy atom. The standard InChI is InChI=1S/C25H34ClFN4O/c1-25(7-8-25)16-31-23-12-18(14-30-24(23)26)21-13-20(29-15-22(21)27)11-17-3-5-19(6-4-17)28-9-10-32-2/h12-15,17,19,28,31H,3-11,16H2,1-2H3. The van der Waals surface area contributed by atoms with E-state index in [1.165, 1.54) is 19.0 Å². The molecule has 0 unspecified atom stereocenters. The van der Waals surface area contributed by atoms with Crippen LogP contribution >= 0.6 is 11.6 Å². The SMILES string of the molecule is COCCNC1CCC(Cc2cc(-c3cnc(Cl)c(NCC4(C)CC4)c3)c(F)cn2)CC1. The average molecular weight is 461 g/mol. The van der Waals surface area contributed by atoms with Crippen molar-refractivity contribution in [1.82, 2.24) is 15.3 Å². The number of methoxy groups -OCH3 is 1. The Balaban J connectivity index is 1.40. The number of hydrogen-bond acceptors (Lipinski definition) is 5. The molecular formula is C25H34ClFN4O. The van der Waals surface area contributed by atoms with E-state index in [4.69, 9.17) is 16.3 Å². The minimum absolute atomic E-state index is 0.330. The molecule has 2 aromatic rings. The van der Waals surface area contributed by atoms with Crippen LogP contribution in [0, 0.1) is 17.2 Å². The van der Waals surface area contributed by atoms with Crippen LogP contribution in [0.25, 0.3) is 11.1 Å². The number of aromatic nitrogens is 2. The molecule has 2 aliphatic carbocycles. The molecule has 32 heavy (non-hydrogen) atoms. The number of nitrogens with zero attached hydrogens (tertiary/aromatic N) is 2. The zero-order chi connectivity index (χ0) is 22.6. The smallest absolute Gasteiger partial charge is 0.152 e. The van der Waals surface area contributed by atoms with E-state index in [2.05, 4.69) is 27.5 Å². The van der Waals surface area contributed by atoms with E-state index in [0.29, 0.717) is 28.1 Å². The first kappa shape index (κ1) is 23.4. The number of halogens is 2. The van der Waals surface area contributed by atoms with Crippen molar-refractivity contribution in [3.05, 3.63) is 41.2 Å². The molecule has 2 aliphatic rings. The van der Waals surface area contributed by atoms with Gasteiger partial charge in [-0.3, -0.25) is 4.98 Å². The van der Waals surface area contributed by atoms with Gasteiger partial charge in [-0.25, -0.2) is 9.37 Å². The summed E-state index contributed by atoms with van der Waals surface area (Å²) in [5.41, 5.74) is 3.30. The van der Waals surface area contributed by atoms with Crippen LogP contribution in [0.5, 0.6) is 0 Å². The van der Waals surface area contributed by atoms with Gasteiger partial charge in [-0.05, 0) is 68.4 Å². The molecule has 0 bridgehead atoms. The molecule has 0 spiro atoms. The van der Waals surface area contributed by atoms with Crippen molar-refractivity contribution in [2.75, 3.05) is 32.1 Å². The summed E-state index contributed by atoms with van der Waals surface area (Å²) in [6, 6.07) is 4.36. The summed E-state index contributed by atoms with van der Waals surface area (Å²) in [5.74, 6) is 0.255. The van der Waals surface area contributed by atoms with E-state index in [0.717, 1.165) is 68.7 Å². The van der Waals surface area contributed by atoms with Crippen LogP contribution < -0.4 is 10.6 Å². The fraction of sp³-hybridized carbons (Fsp3) is 0.600. The Labute approximate surface area is 195 Å². The number of pyridine rings is 2. The summed E-state index contributed by atoms with van der Waals surface area (Å²) in [6.07, 6.45) is 11.0. The lowest BCUT2D eigenvalue weighted by Crippen LogP contribution is -2.35. The molecule has 2 N–H and O–H groups in total. The predicted molar refractivity (Wildman–Crippen MR) is 128 cm³/mol. The molecule has 2 saturated carbocycles. The molecule has 0 aromatic carbocycles. The van der Waals surface area contributed by atoms with Crippen LogP contribution in [0.4, 0.5) is 10.1 Å². The van der Waals surface area contributed by atoms with Crippen molar-refractivity contribution >= 4 is 17.3 Å². The molecule has 2 heterocycles. The van der Waals surface area contributed by atoms with Gasteiger partial charge in [0.1, 0.15) is 5.82 Å². The number of ether oxygens (including phenoxy) is 1. The average Bonchev–Trinajstić information content (AvgIpc) is 3.53. The normalized spacial score (nSPS) is 22.0. The first-order valence-electron chi connectivity index (χ1n) is 11.7. The number of rotatable bonds is 10. The lowest BCUT2D eigenvalue weighted by molar-refractivity contribution is 0.188. The summed E-state index contributed by atoms with van der Waals surface area (Å²) in [4.78, 5) is 8.69. The molecule has 7 heteroatoms. The van der Waals surface area contributed by atoms with E-state index >= 15 is 0 Å². The van der Waals surface area contributed by atoms with Gasteiger partial charge in [0.25, 0.3) is 0 Å². The monoisotopic (exact) mass is 460 g/mol. The molecule has 2 fully saturated rings. The third kappa shape index (κ3) is 6.18. The van der Waals surface area contributed by atoms with Crippen molar-refractivity contribution in [2.24, 2.45) is 11.3 Å². The number of nitrogens with one attached hydrogen (secondary N) is 2. The van der Waals surface area contributed by atoms with Crippen molar-refractivity contribution in [2.45, 2.75) is 57.9 Å². The fourth-order valence-electron chi connectivity index (χ4n) is 4.46. The van der Waals surface area contributed by atoms with Crippen molar-refractivity contribution in [1.29, 1.82) is 0 Å². The molecule has 5 nitrogen and oxygen atoms in total. The molecule has 0 saturated heterocycles. The second-order valence-electron chi connectivity index (χ2n) is 9.75. The summed E-state index contributed by atoms with van der Waals surface area (Å²) in [6.45, 7) is 4.76. The molecule has 0 atom stereocenters. The molecule has 4 rings (SSSR count). The summed E-state index contributed by atoms with van der Waals surface area (Å²) >= 11 is 6.29. The van der Waals surface area contributed by atoms with Gasteiger partial charge in [-0.2, -0.15) is 0 Å².